The van der Waals surface area contributed by atoms with E-state index in [2.05, 4.69) is 80.6 Å². The average molecular weight is 288 g/mol. The zero-order valence-corrected chi connectivity index (χ0v) is 13.2. The van der Waals surface area contributed by atoms with Crippen molar-refractivity contribution < 1.29 is 0 Å². The lowest BCUT2D eigenvalue weighted by Crippen LogP contribution is -1.71. The molecule has 1 atom stereocenters. The van der Waals surface area contributed by atoms with Gasteiger partial charge in [0, 0.05) is 10.2 Å². The van der Waals surface area contributed by atoms with Gasteiger partial charge in [-0.1, -0.05) is 73.3 Å². The van der Waals surface area contributed by atoms with Crippen molar-refractivity contribution in [2.24, 2.45) is 0 Å². The van der Waals surface area contributed by atoms with Crippen molar-refractivity contribution >= 4 is 28.5 Å². The summed E-state index contributed by atoms with van der Waals surface area (Å²) >= 11 is 0. The molecule has 1 unspecified atom stereocenters. The maximum atomic E-state index is 2.38. The van der Waals surface area contributed by atoms with E-state index in [4.69, 9.17) is 0 Å². The molecule has 0 saturated heterocycles. The van der Waals surface area contributed by atoms with Crippen molar-refractivity contribution in [1.82, 2.24) is 0 Å². The summed E-state index contributed by atoms with van der Waals surface area (Å²) in [6.45, 7) is 4.37. The molecule has 0 fully saturated rings. The third-order valence-electron chi connectivity index (χ3n) is 4.09. The summed E-state index contributed by atoms with van der Waals surface area (Å²) < 4.78 is 0. The summed E-state index contributed by atoms with van der Waals surface area (Å²) in [6, 6.07) is 24.8. The highest BCUT2D eigenvalue weighted by atomic mass is 31.1. The van der Waals surface area contributed by atoms with Crippen molar-refractivity contribution in [1.29, 1.82) is 0 Å². The van der Waals surface area contributed by atoms with Gasteiger partial charge in [-0.2, -0.15) is 0 Å². The van der Waals surface area contributed by atoms with Crippen molar-refractivity contribution in [3.63, 3.8) is 0 Å². The van der Waals surface area contributed by atoms with Crippen LogP contribution < -0.4 is 0 Å². The van der Waals surface area contributed by atoms with Gasteiger partial charge in [0.2, 0.25) is 0 Å². The second-order valence-electron chi connectivity index (χ2n) is 5.71. The van der Waals surface area contributed by atoms with Gasteiger partial charge in [-0.25, -0.2) is 0 Å². The Morgan fingerprint density at radius 2 is 1.33 bits per heavy atom. The topological polar surface area (TPSA) is 0 Å². The van der Waals surface area contributed by atoms with E-state index >= 15 is 0 Å². The Morgan fingerprint density at radius 3 is 2.14 bits per heavy atom. The molecule has 21 heavy (non-hydrogen) atoms. The highest BCUT2D eigenvalue weighted by molar-refractivity contribution is 7.67. The standard InChI is InChI=1S/C20H17P/c1-14-9-11-19-18(12-14)17-10-8-15(2)13-20(17)21(19)16-6-4-3-5-7-16/h3-13H,1-2H3. The maximum Gasteiger partial charge on any atom is 0.00709 e. The van der Waals surface area contributed by atoms with Gasteiger partial charge in [0.1, 0.15) is 0 Å². The largest absolute Gasteiger partial charge is 0.0772 e. The molecule has 4 rings (SSSR count). The number of rotatable bonds is 1. The Morgan fingerprint density at radius 1 is 0.619 bits per heavy atom. The lowest BCUT2D eigenvalue weighted by molar-refractivity contribution is 1.51. The van der Waals surface area contributed by atoms with Crippen LogP contribution in [0, 0.1) is 13.8 Å². The molecule has 0 bridgehead atoms. The Labute approximate surface area is 126 Å². The molecule has 0 aliphatic rings. The fourth-order valence-corrected chi connectivity index (χ4v) is 5.80. The first-order chi connectivity index (χ1) is 10.2. The van der Waals surface area contributed by atoms with Crippen molar-refractivity contribution in [2.45, 2.75) is 13.8 Å². The van der Waals surface area contributed by atoms with E-state index in [0.29, 0.717) is 0 Å². The summed E-state index contributed by atoms with van der Waals surface area (Å²) in [5.41, 5.74) is 2.69. The minimum Gasteiger partial charge on any atom is -0.0772 e. The van der Waals surface area contributed by atoms with Crippen molar-refractivity contribution in [3.8, 4) is 5.30 Å². The summed E-state index contributed by atoms with van der Waals surface area (Å²) in [5, 5.41) is 7.32. The fraction of sp³-hybridized carbons (Fsp3) is 0.100. The number of benzene rings is 3. The van der Waals surface area contributed by atoms with E-state index in [1.165, 1.54) is 37.4 Å². The van der Waals surface area contributed by atoms with E-state index in [0.717, 1.165) is 0 Å². The summed E-state index contributed by atoms with van der Waals surface area (Å²) in [5.74, 6) is 0. The van der Waals surface area contributed by atoms with E-state index in [-0.39, 0.29) is 0 Å². The molecule has 0 nitrogen and oxygen atoms in total. The van der Waals surface area contributed by atoms with Crippen LogP contribution in [0.5, 0.6) is 0 Å². The highest BCUT2D eigenvalue weighted by Crippen LogP contribution is 2.55. The minimum absolute atomic E-state index is 0.401. The molecular formula is C20H17P. The molecule has 1 aromatic heterocycles. The van der Waals surface area contributed by atoms with Crippen molar-refractivity contribution in [3.05, 3.63) is 77.9 Å². The lowest BCUT2D eigenvalue weighted by Gasteiger charge is -2.03. The zero-order chi connectivity index (χ0) is 14.4. The molecule has 0 aliphatic heterocycles. The normalized spacial score (nSPS) is 12.2. The fourth-order valence-electron chi connectivity index (χ4n) is 3.10. The molecule has 0 aliphatic carbocycles. The first-order valence-corrected chi connectivity index (χ1v) is 8.65. The maximum absolute atomic E-state index is 2.38. The summed E-state index contributed by atoms with van der Waals surface area (Å²) in [7, 11) is -0.401. The second-order valence-corrected chi connectivity index (χ2v) is 7.86. The van der Waals surface area contributed by atoms with Crippen LogP contribution in [0.1, 0.15) is 11.1 Å². The first-order valence-electron chi connectivity index (χ1n) is 7.31. The average Bonchev–Trinajstić information content (AvgIpc) is 2.81. The van der Waals surface area contributed by atoms with Gasteiger partial charge in [-0.15, -0.1) is 0 Å². The first kappa shape index (κ1) is 12.7. The van der Waals surface area contributed by atoms with Gasteiger partial charge in [-0.3, -0.25) is 0 Å². The second kappa shape index (κ2) is 4.76. The van der Waals surface area contributed by atoms with Crippen LogP contribution >= 0.6 is 7.53 Å². The number of fused-ring (bicyclic) bond motifs is 3. The Kier molecular flexibility index (Phi) is 2.87. The smallest absolute Gasteiger partial charge is 0.00709 e. The van der Waals surface area contributed by atoms with E-state index in [9.17, 15) is 0 Å². The number of hydrogen-bond donors (Lipinski definition) is 0. The third kappa shape index (κ3) is 1.99. The van der Waals surface area contributed by atoms with Crippen LogP contribution in [0.15, 0.2) is 66.7 Å². The van der Waals surface area contributed by atoms with Gasteiger partial charge >= 0.3 is 0 Å². The van der Waals surface area contributed by atoms with Crippen LogP contribution in [0.4, 0.5) is 0 Å². The van der Waals surface area contributed by atoms with Crippen LogP contribution in [0.3, 0.4) is 0 Å². The summed E-state index contributed by atoms with van der Waals surface area (Å²) in [6.07, 6.45) is 0. The summed E-state index contributed by atoms with van der Waals surface area (Å²) in [4.78, 5) is 0. The van der Waals surface area contributed by atoms with E-state index < -0.39 is 7.53 Å². The molecule has 1 heteroatoms. The van der Waals surface area contributed by atoms with Crippen LogP contribution in [0.2, 0.25) is 0 Å². The monoisotopic (exact) mass is 288 g/mol. The van der Waals surface area contributed by atoms with Gasteiger partial charge in [0.15, 0.2) is 0 Å². The minimum atomic E-state index is -0.401. The molecule has 0 amide bonds. The molecule has 0 saturated carbocycles. The number of hydrogen-bond acceptors (Lipinski definition) is 0. The highest BCUT2D eigenvalue weighted by Gasteiger charge is 2.13. The Balaban J connectivity index is 2.23. The zero-order valence-electron chi connectivity index (χ0n) is 12.3. The van der Waals surface area contributed by atoms with E-state index in [1.807, 2.05) is 0 Å². The molecule has 0 spiro atoms. The van der Waals surface area contributed by atoms with Gasteiger partial charge in [-0.05, 0) is 42.1 Å². The van der Waals surface area contributed by atoms with Gasteiger partial charge < -0.3 is 0 Å². The Bertz CT molecular complexity index is 946. The molecule has 4 aromatic rings. The van der Waals surface area contributed by atoms with E-state index in [1.54, 1.807) is 0 Å². The van der Waals surface area contributed by atoms with Crippen LogP contribution in [0.25, 0.3) is 26.3 Å². The molecule has 102 valence electrons. The number of aryl methyl sites for hydroxylation is 2. The molecule has 3 aromatic carbocycles. The van der Waals surface area contributed by atoms with Gasteiger partial charge in [0.05, 0.1) is 0 Å². The SMILES string of the molecule is Cc1ccc2c(c1)c1ccc(C)cc1p2-c1ccccc1. The third-order valence-corrected chi connectivity index (χ3v) is 6.63. The van der Waals surface area contributed by atoms with Gasteiger partial charge in [0.25, 0.3) is 0 Å². The predicted octanol–water partition coefficient (Wildman–Crippen LogP) is 6.59. The lowest BCUT2D eigenvalue weighted by atomic mass is 10.1. The molecule has 0 radical (unpaired) electrons. The molecule has 0 N–H and O–H groups in total. The van der Waals surface area contributed by atoms with Crippen LogP contribution in [-0.2, 0) is 0 Å². The molecule has 1 heterocycles. The predicted molar refractivity (Wildman–Crippen MR) is 95.0 cm³/mol. The molecular weight excluding hydrogens is 271 g/mol. The quantitative estimate of drug-likeness (QED) is 0.371. The Hall–Kier alpha value is -2.04. The van der Waals surface area contributed by atoms with Crippen LogP contribution in [-0.4, -0.2) is 0 Å². The van der Waals surface area contributed by atoms with Crippen molar-refractivity contribution in [2.75, 3.05) is 0 Å².